The number of carbonyl (C=O) groups is 1. The maximum absolute atomic E-state index is 12.7. The number of rotatable bonds is 4. The minimum Gasteiger partial charge on any atom is -0.340 e. The molecule has 7 heteroatoms. The van der Waals surface area contributed by atoms with Crippen LogP contribution in [0.2, 0.25) is 0 Å². The SMILES string of the molecule is CN1CCCC(N2CCN(C(=O)Cc3ccc(-n4cnnc4)cc3)CC2)C1. The molecule has 4 rings (SSSR count). The van der Waals surface area contributed by atoms with Crippen LogP contribution < -0.4 is 0 Å². The van der Waals surface area contributed by atoms with Gasteiger partial charge >= 0.3 is 0 Å². The summed E-state index contributed by atoms with van der Waals surface area (Å²) in [6.07, 6.45) is 6.38. The Bertz CT molecular complexity index is 736. The fraction of sp³-hybridized carbons (Fsp3) is 0.550. The van der Waals surface area contributed by atoms with Gasteiger partial charge in [0.15, 0.2) is 0 Å². The molecule has 2 aliphatic rings. The maximum Gasteiger partial charge on any atom is 0.227 e. The zero-order valence-electron chi connectivity index (χ0n) is 16.0. The highest BCUT2D eigenvalue weighted by Gasteiger charge is 2.28. The topological polar surface area (TPSA) is 57.5 Å². The Morgan fingerprint density at radius 1 is 1.04 bits per heavy atom. The molecule has 0 bridgehead atoms. The summed E-state index contributed by atoms with van der Waals surface area (Å²) in [7, 11) is 2.21. The zero-order chi connectivity index (χ0) is 18.6. The molecule has 0 aliphatic carbocycles. The van der Waals surface area contributed by atoms with Crippen molar-refractivity contribution in [3.05, 3.63) is 42.5 Å². The summed E-state index contributed by atoms with van der Waals surface area (Å²) in [6, 6.07) is 8.70. The molecule has 3 heterocycles. The van der Waals surface area contributed by atoms with Gasteiger partial charge in [0.25, 0.3) is 0 Å². The van der Waals surface area contributed by atoms with Gasteiger partial charge in [-0.15, -0.1) is 10.2 Å². The lowest BCUT2D eigenvalue weighted by molar-refractivity contribution is -0.132. The first kappa shape index (κ1) is 18.1. The lowest BCUT2D eigenvalue weighted by Gasteiger charge is -2.42. The van der Waals surface area contributed by atoms with Crippen molar-refractivity contribution in [1.82, 2.24) is 29.5 Å². The van der Waals surface area contributed by atoms with Crippen LogP contribution in [0.1, 0.15) is 18.4 Å². The monoisotopic (exact) mass is 368 g/mol. The number of amides is 1. The highest BCUT2D eigenvalue weighted by molar-refractivity contribution is 5.79. The molecule has 1 aromatic carbocycles. The van der Waals surface area contributed by atoms with Crippen LogP contribution in [0, 0.1) is 0 Å². The quantitative estimate of drug-likeness (QED) is 0.807. The number of likely N-dealkylation sites (N-methyl/N-ethyl adjacent to an activating group) is 1. The molecule has 0 N–H and O–H groups in total. The molecule has 2 aromatic rings. The summed E-state index contributed by atoms with van der Waals surface area (Å²) in [4.78, 5) is 19.7. The predicted octanol–water partition coefficient (Wildman–Crippen LogP) is 1.05. The van der Waals surface area contributed by atoms with Gasteiger partial charge in [-0.2, -0.15) is 0 Å². The van der Waals surface area contributed by atoms with Gasteiger partial charge in [-0.05, 0) is 44.1 Å². The average molecular weight is 368 g/mol. The van der Waals surface area contributed by atoms with Crippen molar-refractivity contribution in [1.29, 1.82) is 0 Å². The fourth-order valence-electron chi connectivity index (χ4n) is 4.18. The summed E-state index contributed by atoms with van der Waals surface area (Å²) >= 11 is 0. The standard InChI is InChI=1S/C20H28N6O/c1-23-8-2-3-19(14-23)24-9-11-25(12-10-24)20(27)13-17-4-6-18(7-5-17)26-15-21-22-16-26/h4-7,15-16,19H,2-3,8-14H2,1H3. The van der Waals surface area contributed by atoms with Crippen LogP contribution in [0.15, 0.2) is 36.9 Å². The average Bonchev–Trinajstić information content (AvgIpc) is 3.23. The molecular formula is C20H28N6O. The number of benzene rings is 1. The minimum absolute atomic E-state index is 0.229. The largest absolute Gasteiger partial charge is 0.340 e. The highest BCUT2D eigenvalue weighted by atomic mass is 16.2. The van der Waals surface area contributed by atoms with Gasteiger partial charge in [0.2, 0.25) is 5.91 Å². The van der Waals surface area contributed by atoms with Gasteiger partial charge in [-0.3, -0.25) is 14.3 Å². The smallest absolute Gasteiger partial charge is 0.227 e. The second-order valence-electron chi connectivity index (χ2n) is 7.69. The Morgan fingerprint density at radius 3 is 2.41 bits per heavy atom. The van der Waals surface area contributed by atoms with Crippen molar-refractivity contribution in [3.8, 4) is 5.69 Å². The number of hydrogen-bond donors (Lipinski definition) is 0. The van der Waals surface area contributed by atoms with E-state index in [2.05, 4.69) is 27.0 Å². The predicted molar refractivity (Wildman–Crippen MR) is 104 cm³/mol. The van der Waals surface area contributed by atoms with Gasteiger partial charge in [0, 0.05) is 44.5 Å². The summed E-state index contributed by atoms with van der Waals surface area (Å²) in [5, 5.41) is 7.64. The number of nitrogens with zero attached hydrogens (tertiary/aromatic N) is 6. The van der Waals surface area contributed by atoms with E-state index in [9.17, 15) is 4.79 Å². The third-order valence-electron chi connectivity index (χ3n) is 5.79. The first-order valence-electron chi connectivity index (χ1n) is 9.83. The van der Waals surface area contributed by atoms with Gasteiger partial charge in [0.1, 0.15) is 12.7 Å². The van der Waals surface area contributed by atoms with E-state index in [-0.39, 0.29) is 5.91 Å². The first-order chi connectivity index (χ1) is 13.2. The van der Waals surface area contributed by atoms with E-state index in [0.29, 0.717) is 12.5 Å². The van der Waals surface area contributed by atoms with E-state index >= 15 is 0 Å². The van der Waals surface area contributed by atoms with Crippen LogP contribution in [0.25, 0.3) is 5.69 Å². The molecule has 144 valence electrons. The van der Waals surface area contributed by atoms with E-state index in [0.717, 1.165) is 44.0 Å². The molecule has 27 heavy (non-hydrogen) atoms. The Hall–Kier alpha value is -2.25. The van der Waals surface area contributed by atoms with Crippen molar-refractivity contribution in [2.45, 2.75) is 25.3 Å². The third-order valence-corrected chi connectivity index (χ3v) is 5.79. The van der Waals surface area contributed by atoms with E-state index in [1.54, 1.807) is 12.7 Å². The molecule has 1 aromatic heterocycles. The van der Waals surface area contributed by atoms with Crippen molar-refractivity contribution in [3.63, 3.8) is 0 Å². The molecule has 0 spiro atoms. The number of piperidine rings is 1. The highest BCUT2D eigenvalue weighted by Crippen LogP contribution is 2.17. The van der Waals surface area contributed by atoms with E-state index in [1.807, 2.05) is 33.7 Å². The molecule has 0 saturated carbocycles. The van der Waals surface area contributed by atoms with Crippen LogP contribution in [0.5, 0.6) is 0 Å². The number of aromatic nitrogens is 3. The maximum atomic E-state index is 12.7. The second-order valence-corrected chi connectivity index (χ2v) is 7.69. The lowest BCUT2D eigenvalue weighted by Crippen LogP contribution is -2.55. The summed E-state index contributed by atoms with van der Waals surface area (Å²) in [5.74, 6) is 0.229. The van der Waals surface area contributed by atoms with Crippen LogP contribution in [-0.4, -0.2) is 87.7 Å². The van der Waals surface area contributed by atoms with Crippen molar-refractivity contribution in [2.24, 2.45) is 0 Å². The van der Waals surface area contributed by atoms with Crippen LogP contribution in [-0.2, 0) is 11.2 Å². The molecule has 2 aliphatic heterocycles. The molecule has 1 unspecified atom stereocenters. The van der Waals surface area contributed by atoms with Gasteiger partial charge in [-0.1, -0.05) is 12.1 Å². The molecule has 2 saturated heterocycles. The fourth-order valence-corrected chi connectivity index (χ4v) is 4.18. The Morgan fingerprint density at radius 2 is 1.74 bits per heavy atom. The molecule has 1 amide bonds. The number of hydrogen-bond acceptors (Lipinski definition) is 5. The molecule has 1 atom stereocenters. The van der Waals surface area contributed by atoms with E-state index < -0.39 is 0 Å². The van der Waals surface area contributed by atoms with Gasteiger partial charge in [0.05, 0.1) is 6.42 Å². The minimum atomic E-state index is 0.229. The van der Waals surface area contributed by atoms with Gasteiger partial charge < -0.3 is 9.80 Å². The molecule has 2 fully saturated rings. The number of likely N-dealkylation sites (tertiary alicyclic amines) is 1. The normalized spacial score (nSPS) is 22.1. The summed E-state index contributed by atoms with van der Waals surface area (Å²) in [5.41, 5.74) is 2.05. The molecule has 0 radical (unpaired) electrons. The Labute approximate surface area is 160 Å². The van der Waals surface area contributed by atoms with E-state index in [1.165, 1.54) is 19.4 Å². The number of carbonyl (C=O) groups excluding carboxylic acids is 1. The van der Waals surface area contributed by atoms with Crippen molar-refractivity contribution in [2.75, 3.05) is 46.3 Å². The Kier molecular flexibility index (Phi) is 5.50. The first-order valence-corrected chi connectivity index (χ1v) is 9.83. The summed E-state index contributed by atoms with van der Waals surface area (Å²) in [6.45, 7) is 6.06. The van der Waals surface area contributed by atoms with Gasteiger partial charge in [-0.25, -0.2) is 0 Å². The number of piperazine rings is 1. The zero-order valence-corrected chi connectivity index (χ0v) is 16.0. The van der Waals surface area contributed by atoms with Crippen molar-refractivity contribution < 1.29 is 4.79 Å². The molecule has 7 nitrogen and oxygen atoms in total. The van der Waals surface area contributed by atoms with Crippen LogP contribution in [0.4, 0.5) is 0 Å². The molecular weight excluding hydrogens is 340 g/mol. The van der Waals surface area contributed by atoms with Crippen LogP contribution >= 0.6 is 0 Å². The third kappa shape index (κ3) is 4.36. The lowest BCUT2D eigenvalue weighted by atomic mass is 10.0. The second kappa shape index (κ2) is 8.19. The Balaban J connectivity index is 1.28. The van der Waals surface area contributed by atoms with E-state index in [4.69, 9.17) is 0 Å². The van der Waals surface area contributed by atoms with Crippen molar-refractivity contribution >= 4 is 5.91 Å². The summed E-state index contributed by atoms with van der Waals surface area (Å²) < 4.78 is 1.85. The van der Waals surface area contributed by atoms with Crippen LogP contribution in [0.3, 0.4) is 0 Å².